The summed E-state index contributed by atoms with van der Waals surface area (Å²) in [4.78, 5) is 19.8. The fourth-order valence-corrected chi connectivity index (χ4v) is 1.85. The molecule has 3 rings (SSSR count). The zero-order valence-corrected chi connectivity index (χ0v) is 10.8. The van der Waals surface area contributed by atoms with Crippen LogP contribution in [0.5, 0.6) is 0 Å². The number of amides is 1. The third-order valence-corrected chi connectivity index (χ3v) is 2.80. The van der Waals surface area contributed by atoms with E-state index in [1.165, 1.54) is 30.8 Å². The van der Waals surface area contributed by atoms with E-state index in [1.807, 2.05) is 0 Å². The zero-order chi connectivity index (χ0) is 14.7. The van der Waals surface area contributed by atoms with E-state index in [-0.39, 0.29) is 17.5 Å². The van der Waals surface area contributed by atoms with Crippen LogP contribution >= 0.6 is 0 Å². The van der Waals surface area contributed by atoms with Crippen molar-refractivity contribution in [1.82, 2.24) is 9.97 Å². The van der Waals surface area contributed by atoms with Gasteiger partial charge >= 0.3 is 6.01 Å². The lowest BCUT2D eigenvalue weighted by Gasteiger charge is -2.04. The Morgan fingerprint density at radius 3 is 2.71 bits per heavy atom. The summed E-state index contributed by atoms with van der Waals surface area (Å²) in [6, 6.07) is 9.50. The summed E-state index contributed by atoms with van der Waals surface area (Å²) >= 11 is 0. The van der Waals surface area contributed by atoms with Crippen LogP contribution in [0.4, 0.5) is 10.4 Å². The van der Waals surface area contributed by atoms with Gasteiger partial charge in [-0.05, 0) is 35.4 Å². The summed E-state index contributed by atoms with van der Waals surface area (Å²) in [5.41, 5.74) is 1.56. The highest BCUT2D eigenvalue weighted by molar-refractivity contribution is 6.02. The van der Waals surface area contributed by atoms with Gasteiger partial charge in [-0.15, -0.1) is 0 Å². The molecule has 3 aromatic rings. The first-order valence-electron chi connectivity index (χ1n) is 6.15. The molecule has 1 aromatic carbocycles. The van der Waals surface area contributed by atoms with Gasteiger partial charge in [0, 0.05) is 6.20 Å². The molecule has 0 aliphatic carbocycles. The van der Waals surface area contributed by atoms with Gasteiger partial charge in [0.1, 0.15) is 17.8 Å². The molecule has 104 valence electrons. The smallest absolute Gasteiger partial charge is 0.301 e. The Hall–Kier alpha value is -3.02. The first-order valence-corrected chi connectivity index (χ1v) is 6.15. The Balaban J connectivity index is 1.88. The van der Waals surface area contributed by atoms with Crippen LogP contribution in [-0.2, 0) is 0 Å². The quantitative estimate of drug-likeness (QED) is 0.801. The number of nitrogens with one attached hydrogen (secondary N) is 1. The average Bonchev–Trinajstić information content (AvgIpc) is 3.00. The minimum atomic E-state index is -0.448. The Morgan fingerprint density at radius 2 is 1.95 bits per heavy atom. The molecule has 1 amide bonds. The predicted octanol–water partition coefficient (Wildman–Crippen LogP) is 3.13. The molecule has 0 radical (unpaired) electrons. The number of aromatic nitrogens is 2. The van der Waals surface area contributed by atoms with Crippen molar-refractivity contribution in [1.29, 1.82) is 0 Å². The van der Waals surface area contributed by atoms with Crippen molar-refractivity contribution in [3.05, 3.63) is 66.6 Å². The third-order valence-electron chi connectivity index (χ3n) is 2.80. The second kappa shape index (κ2) is 5.54. The first-order chi connectivity index (χ1) is 10.2. The van der Waals surface area contributed by atoms with Crippen LogP contribution < -0.4 is 5.32 Å². The molecule has 0 spiro atoms. The molecule has 5 nitrogen and oxygen atoms in total. The average molecular weight is 283 g/mol. The van der Waals surface area contributed by atoms with Gasteiger partial charge in [-0.3, -0.25) is 15.1 Å². The topological polar surface area (TPSA) is 68.0 Å². The Bertz CT molecular complexity index is 772. The number of rotatable bonds is 3. The van der Waals surface area contributed by atoms with Crippen molar-refractivity contribution in [2.24, 2.45) is 0 Å². The largest absolute Gasteiger partial charge is 0.432 e. The van der Waals surface area contributed by atoms with Crippen LogP contribution in [0, 0.1) is 5.82 Å². The second-order valence-corrected chi connectivity index (χ2v) is 4.23. The molecule has 2 heterocycles. The highest BCUT2D eigenvalue weighted by Gasteiger charge is 2.11. The molecule has 0 aliphatic heterocycles. The van der Waals surface area contributed by atoms with Crippen LogP contribution in [-0.4, -0.2) is 15.9 Å². The van der Waals surface area contributed by atoms with Crippen molar-refractivity contribution in [3.63, 3.8) is 0 Å². The summed E-state index contributed by atoms with van der Waals surface area (Å²) in [5, 5.41) is 2.47. The van der Waals surface area contributed by atoms with E-state index < -0.39 is 5.91 Å². The van der Waals surface area contributed by atoms with Gasteiger partial charge in [-0.2, -0.15) is 0 Å². The highest BCUT2D eigenvalue weighted by atomic mass is 19.1. The normalized spacial score (nSPS) is 10.3. The molecule has 0 saturated heterocycles. The van der Waals surface area contributed by atoms with Crippen LogP contribution in [0.25, 0.3) is 11.1 Å². The second-order valence-electron chi connectivity index (χ2n) is 4.23. The summed E-state index contributed by atoms with van der Waals surface area (Å²) < 4.78 is 18.2. The van der Waals surface area contributed by atoms with Crippen molar-refractivity contribution in [2.45, 2.75) is 0 Å². The molecule has 0 saturated carbocycles. The lowest BCUT2D eigenvalue weighted by atomic mass is 10.1. The Kier molecular flexibility index (Phi) is 3.42. The fraction of sp³-hybridized carbons (Fsp3) is 0. The summed E-state index contributed by atoms with van der Waals surface area (Å²) in [6.07, 6.45) is 4.27. The standard InChI is InChI=1S/C15H10FN3O2/c16-12-3-1-2-10(8-12)11-4-5-17-13(9-11)14(20)19-15-18-6-7-21-15/h1-9H,(H,18,19,20). The molecule has 6 heteroatoms. The minimum Gasteiger partial charge on any atom is -0.432 e. The fourth-order valence-electron chi connectivity index (χ4n) is 1.85. The molecule has 0 fully saturated rings. The van der Waals surface area contributed by atoms with Crippen molar-refractivity contribution >= 4 is 11.9 Å². The summed E-state index contributed by atoms with van der Waals surface area (Å²) in [6.45, 7) is 0. The zero-order valence-electron chi connectivity index (χ0n) is 10.8. The molecule has 1 N–H and O–H groups in total. The van der Waals surface area contributed by atoms with Crippen molar-refractivity contribution in [2.75, 3.05) is 5.32 Å². The minimum absolute atomic E-state index is 0.0953. The molecule has 0 atom stereocenters. The Labute approximate surface area is 119 Å². The lowest BCUT2D eigenvalue weighted by Crippen LogP contribution is -2.13. The SMILES string of the molecule is O=C(Nc1ncco1)c1cc(-c2cccc(F)c2)ccn1. The monoisotopic (exact) mass is 283 g/mol. The number of carbonyl (C=O) groups excluding carboxylic acids is 1. The van der Waals surface area contributed by atoms with Gasteiger partial charge in [-0.25, -0.2) is 9.37 Å². The van der Waals surface area contributed by atoms with Gasteiger partial charge in [-0.1, -0.05) is 12.1 Å². The highest BCUT2D eigenvalue weighted by Crippen LogP contribution is 2.20. The number of oxazole rings is 1. The van der Waals surface area contributed by atoms with Crippen molar-refractivity contribution < 1.29 is 13.6 Å². The van der Waals surface area contributed by atoms with Crippen LogP contribution in [0.2, 0.25) is 0 Å². The summed E-state index contributed by atoms with van der Waals surface area (Å²) in [5.74, 6) is -0.786. The van der Waals surface area contributed by atoms with Crippen molar-refractivity contribution in [3.8, 4) is 11.1 Å². The molecule has 0 bridgehead atoms. The van der Waals surface area contributed by atoms with E-state index >= 15 is 0 Å². The maximum Gasteiger partial charge on any atom is 0.301 e. The molecule has 0 unspecified atom stereocenters. The number of nitrogens with zero attached hydrogens (tertiary/aromatic N) is 2. The van der Waals surface area contributed by atoms with Crippen LogP contribution in [0.3, 0.4) is 0 Å². The summed E-state index contributed by atoms with van der Waals surface area (Å²) in [7, 11) is 0. The predicted molar refractivity (Wildman–Crippen MR) is 74.1 cm³/mol. The third kappa shape index (κ3) is 2.94. The van der Waals surface area contributed by atoms with E-state index in [0.717, 1.165) is 0 Å². The van der Waals surface area contributed by atoms with E-state index in [1.54, 1.807) is 24.3 Å². The van der Waals surface area contributed by atoms with Crippen LogP contribution in [0.15, 0.2) is 59.5 Å². The number of carbonyl (C=O) groups is 1. The number of hydrogen-bond donors (Lipinski definition) is 1. The Morgan fingerprint density at radius 1 is 1.10 bits per heavy atom. The van der Waals surface area contributed by atoms with E-state index in [9.17, 15) is 9.18 Å². The van der Waals surface area contributed by atoms with Gasteiger partial charge in [0.05, 0.1) is 6.20 Å². The number of halogens is 1. The van der Waals surface area contributed by atoms with Crippen LogP contribution in [0.1, 0.15) is 10.5 Å². The molecular formula is C15H10FN3O2. The molecule has 21 heavy (non-hydrogen) atoms. The maximum absolute atomic E-state index is 13.2. The number of pyridine rings is 1. The van der Waals surface area contributed by atoms with Gasteiger partial charge < -0.3 is 4.42 Å². The number of hydrogen-bond acceptors (Lipinski definition) is 4. The molecule has 2 aromatic heterocycles. The van der Waals surface area contributed by atoms with Gasteiger partial charge in [0.2, 0.25) is 0 Å². The van der Waals surface area contributed by atoms with E-state index in [0.29, 0.717) is 11.1 Å². The maximum atomic E-state index is 13.2. The number of anilines is 1. The lowest BCUT2D eigenvalue weighted by molar-refractivity contribution is 0.101. The first kappa shape index (κ1) is 13.0. The molecule has 0 aliphatic rings. The molecular weight excluding hydrogens is 273 g/mol. The van der Waals surface area contributed by atoms with Gasteiger partial charge in [0.25, 0.3) is 5.91 Å². The van der Waals surface area contributed by atoms with Gasteiger partial charge in [0.15, 0.2) is 0 Å². The number of benzene rings is 1. The van der Waals surface area contributed by atoms with E-state index in [4.69, 9.17) is 4.42 Å². The van der Waals surface area contributed by atoms with E-state index in [2.05, 4.69) is 15.3 Å².